The molecule has 0 aliphatic carbocycles. The van der Waals surface area contributed by atoms with E-state index < -0.39 is 0 Å². The predicted octanol–water partition coefficient (Wildman–Crippen LogP) is 2.70. The molecule has 0 aliphatic rings. The Kier molecular flexibility index (Phi) is 4.30. The van der Waals surface area contributed by atoms with Crippen LogP contribution in [0.5, 0.6) is 11.6 Å². The zero-order valence-electron chi connectivity index (χ0n) is 11.1. The van der Waals surface area contributed by atoms with Crippen molar-refractivity contribution in [2.75, 3.05) is 12.3 Å². The molecule has 1 aromatic heterocycles. The fourth-order valence-corrected chi connectivity index (χ4v) is 1.60. The lowest BCUT2D eigenvalue weighted by atomic mass is 10.2. The van der Waals surface area contributed by atoms with Crippen LogP contribution in [0.25, 0.3) is 0 Å². The molecular weight excluding hydrogens is 242 g/mol. The Bertz CT molecular complexity index is 558. The van der Waals surface area contributed by atoms with Crippen molar-refractivity contribution in [3.63, 3.8) is 0 Å². The van der Waals surface area contributed by atoms with Gasteiger partial charge in [-0.25, -0.2) is 4.98 Å². The van der Waals surface area contributed by atoms with Crippen molar-refractivity contribution in [2.24, 2.45) is 0 Å². The van der Waals surface area contributed by atoms with Gasteiger partial charge >= 0.3 is 0 Å². The minimum Gasteiger partial charge on any atom is -0.439 e. The van der Waals surface area contributed by atoms with E-state index in [1.807, 2.05) is 38.1 Å². The summed E-state index contributed by atoms with van der Waals surface area (Å²) in [5.74, 6) is 2.03. The number of ether oxygens (including phenoxy) is 2. The van der Waals surface area contributed by atoms with Crippen LogP contribution in [0.1, 0.15) is 18.3 Å². The lowest BCUT2D eigenvalue weighted by Crippen LogP contribution is -2.03. The second-order valence-electron chi connectivity index (χ2n) is 4.10. The Morgan fingerprint density at radius 2 is 2.05 bits per heavy atom. The molecule has 5 heteroatoms. The van der Waals surface area contributed by atoms with Gasteiger partial charge in [0.05, 0.1) is 0 Å². The molecule has 1 heterocycles. The second kappa shape index (κ2) is 6.15. The summed E-state index contributed by atoms with van der Waals surface area (Å²) < 4.78 is 10.9. The minimum atomic E-state index is 0.325. The maximum atomic E-state index is 5.73. The second-order valence-corrected chi connectivity index (χ2v) is 4.10. The van der Waals surface area contributed by atoms with E-state index in [-0.39, 0.29) is 0 Å². The highest BCUT2D eigenvalue weighted by Crippen LogP contribution is 2.21. The van der Waals surface area contributed by atoms with Crippen LogP contribution in [0.4, 0.5) is 5.82 Å². The van der Waals surface area contributed by atoms with Gasteiger partial charge in [0.1, 0.15) is 18.2 Å². The van der Waals surface area contributed by atoms with E-state index in [0.717, 1.165) is 11.3 Å². The molecule has 0 amide bonds. The SMILES string of the molecule is CCOCc1nc(N)cc(Oc2cccc(C)c2)n1. The van der Waals surface area contributed by atoms with E-state index in [2.05, 4.69) is 9.97 Å². The summed E-state index contributed by atoms with van der Waals surface area (Å²) in [5.41, 5.74) is 6.85. The number of anilines is 1. The molecule has 5 nitrogen and oxygen atoms in total. The monoisotopic (exact) mass is 259 g/mol. The molecule has 0 atom stereocenters. The van der Waals surface area contributed by atoms with Gasteiger partial charge in [-0.1, -0.05) is 12.1 Å². The highest BCUT2D eigenvalue weighted by Gasteiger charge is 2.05. The molecule has 0 aliphatic heterocycles. The van der Waals surface area contributed by atoms with Gasteiger partial charge in [0.15, 0.2) is 5.82 Å². The maximum Gasteiger partial charge on any atom is 0.224 e. The van der Waals surface area contributed by atoms with Gasteiger partial charge < -0.3 is 15.2 Å². The van der Waals surface area contributed by atoms with Crippen molar-refractivity contribution in [3.05, 3.63) is 41.7 Å². The van der Waals surface area contributed by atoms with Gasteiger partial charge in [0.2, 0.25) is 5.88 Å². The average molecular weight is 259 g/mol. The minimum absolute atomic E-state index is 0.325. The summed E-state index contributed by atoms with van der Waals surface area (Å²) >= 11 is 0. The highest BCUT2D eigenvalue weighted by molar-refractivity contribution is 5.36. The number of nitrogen functional groups attached to an aromatic ring is 1. The summed E-state index contributed by atoms with van der Waals surface area (Å²) in [5, 5.41) is 0. The Labute approximate surface area is 112 Å². The molecule has 0 unspecified atom stereocenters. The van der Waals surface area contributed by atoms with Gasteiger partial charge in [0, 0.05) is 12.7 Å². The normalized spacial score (nSPS) is 10.4. The van der Waals surface area contributed by atoms with Crippen LogP contribution in [0.15, 0.2) is 30.3 Å². The molecule has 0 fully saturated rings. The first-order valence-corrected chi connectivity index (χ1v) is 6.13. The van der Waals surface area contributed by atoms with Crippen molar-refractivity contribution in [3.8, 4) is 11.6 Å². The number of aryl methyl sites for hydroxylation is 1. The number of nitrogens with zero attached hydrogens (tertiary/aromatic N) is 2. The predicted molar refractivity (Wildman–Crippen MR) is 73.0 cm³/mol. The lowest BCUT2D eigenvalue weighted by molar-refractivity contribution is 0.128. The number of aromatic nitrogens is 2. The number of benzene rings is 1. The molecule has 2 aromatic rings. The van der Waals surface area contributed by atoms with Crippen LogP contribution in [-0.2, 0) is 11.3 Å². The Morgan fingerprint density at radius 3 is 2.79 bits per heavy atom. The fraction of sp³-hybridized carbons (Fsp3) is 0.286. The van der Waals surface area contributed by atoms with Crippen LogP contribution < -0.4 is 10.5 Å². The summed E-state index contributed by atoms with van der Waals surface area (Å²) in [6.45, 7) is 4.84. The van der Waals surface area contributed by atoms with Gasteiger partial charge in [-0.05, 0) is 31.5 Å². The number of rotatable bonds is 5. The zero-order chi connectivity index (χ0) is 13.7. The molecular formula is C14H17N3O2. The Balaban J connectivity index is 2.17. The quantitative estimate of drug-likeness (QED) is 0.894. The molecule has 19 heavy (non-hydrogen) atoms. The fourth-order valence-electron chi connectivity index (χ4n) is 1.60. The Hall–Kier alpha value is -2.14. The Morgan fingerprint density at radius 1 is 1.21 bits per heavy atom. The third-order valence-electron chi connectivity index (χ3n) is 2.42. The van der Waals surface area contributed by atoms with E-state index >= 15 is 0 Å². The maximum absolute atomic E-state index is 5.73. The van der Waals surface area contributed by atoms with Crippen LogP contribution in [0.3, 0.4) is 0 Å². The zero-order valence-corrected chi connectivity index (χ0v) is 11.1. The molecule has 1 aromatic carbocycles. The molecule has 0 saturated heterocycles. The molecule has 2 rings (SSSR count). The van der Waals surface area contributed by atoms with E-state index in [1.54, 1.807) is 6.07 Å². The van der Waals surface area contributed by atoms with E-state index in [0.29, 0.717) is 30.7 Å². The van der Waals surface area contributed by atoms with Crippen molar-refractivity contribution in [2.45, 2.75) is 20.5 Å². The van der Waals surface area contributed by atoms with Crippen LogP contribution >= 0.6 is 0 Å². The van der Waals surface area contributed by atoms with Crippen molar-refractivity contribution < 1.29 is 9.47 Å². The van der Waals surface area contributed by atoms with Gasteiger partial charge in [0.25, 0.3) is 0 Å². The number of hydrogen-bond acceptors (Lipinski definition) is 5. The van der Waals surface area contributed by atoms with Gasteiger partial charge in [-0.2, -0.15) is 4.98 Å². The molecule has 100 valence electrons. The average Bonchev–Trinajstić information content (AvgIpc) is 2.35. The topological polar surface area (TPSA) is 70.3 Å². The summed E-state index contributed by atoms with van der Waals surface area (Å²) in [6, 6.07) is 9.32. The first-order valence-electron chi connectivity index (χ1n) is 6.13. The summed E-state index contributed by atoms with van der Waals surface area (Å²) in [6.07, 6.45) is 0. The van der Waals surface area contributed by atoms with Crippen molar-refractivity contribution in [1.29, 1.82) is 0 Å². The molecule has 2 N–H and O–H groups in total. The van der Waals surface area contributed by atoms with Gasteiger partial charge in [-0.15, -0.1) is 0 Å². The summed E-state index contributed by atoms with van der Waals surface area (Å²) in [7, 11) is 0. The standard InChI is InChI=1S/C14H17N3O2/c1-3-18-9-13-16-12(15)8-14(17-13)19-11-6-4-5-10(2)7-11/h4-8H,3,9H2,1-2H3,(H2,15,16,17). The molecule has 0 spiro atoms. The largest absolute Gasteiger partial charge is 0.439 e. The number of nitrogens with two attached hydrogens (primary N) is 1. The molecule has 0 radical (unpaired) electrons. The summed E-state index contributed by atoms with van der Waals surface area (Å²) in [4.78, 5) is 8.35. The van der Waals surface area contributed by atoms with Crippen molar-refractivity contribution >= 4 is 5.82 Å². The van der Waals surface area contributed by atoms with E-state index in [9.17, 15) is 0 Å². The van der Waals surface area contributed by atoms with Crippen molar-refractivity contribution in [1.82, 2.24) is 9.97 Å². The number of hydrogen-bond donors (Lipinski definition) is 1. The van der Waals surface area contributed by atoms with Gasteiger partial charge in [-0.3, -0.25) is 0 Å². The van der Waals surface area contributed by atoms with Crippen LogP contribution in [0.2, 0.25) is 0 Å². The third-order valence-corrected chi connectivity index (χ3v) is 2.42. The smallest absolute Gasteiger partial charge is 0.224 e. The highest BCUT2D eigenvalue weighted by atomic mass is 16.5. The third kappa shape index (κ3) is 3.93. The van der Waals surface area contributed by atoms with Crippen LogP contribution in [0, 0.1) is 6.92 Å². The van der Waals surface area contributed by atoms with Crippen LogP contribution in [-0.4, -0.2) is 16.6 Å². The van der Waals surface area contributed by atoms with E-state index in [1.165, 1.54) is 0 Å². The van der Waals surface area contributed by atoms with E-state index in [4.69, 9.17) is 15.2 Å². The first-order chi connectivity index (χ1) is 9.17. The molecule has 0 bridgehead atoms. The first kappa shape index (κ1) is 13.3. The lowest BCUT2D eigenvalue weighted by Gasteiger charge is -2.08. The molecule has 0 saturated carbocycles.